The Kier molecular flexibility index (Phi) is 6.29. The van der Waals surface area contributed by atoms with Crippen molar-refractivity contribution in [2.75, 3.05) is 24.8 Å². The zero-order chi connectivity index (χ0) is 22.8. The molecule has 1 atom stereocenters. The Balaban J connectivity index is 1.80. The lowest BCUT2D eigenvalue weighted by Crippen LogP contribution is -2.20. The minimum absolute atomic E-state index is 0.125. The quantitative estimate of drug-likeness (QED) is 0.568. The first kappa shape index (κ1) is 22.0. The largest absolute Gasteiger partial charge is 0.493 e. The fourth-order valence-corrected chi connectivity index (χ4v) is 4.95. The molecule has 8 nitrogen and oxygen atoms in total. The second-order valence-electron chi connectivity index (χ2n) is 7.12. The summed E-state index contributed by atoms with van der Waals surface area (Å²) in [6.45, 7) is 1.65. The molecule has 0 fully saturated rings. The van der Waals surface area contributed by atoms with Crippen molar-refractivity contribution in [1.29, 1.82) is 0 Å². The number of carbonyl (C=O) groups excluding carboxylic acids is 2. The van der Waals surface area contributed by atoms with Crippen LogP contribution in [0.15, 0.2) is 42.5 Å². The molecule has 2 heterocycles. The van der Waals surface area contributed by atoms with E-state index in [9.17, 15) is 9.59 Å². The number of hydrogen-bond acceptors (Lipinski definition) is 6. The van der Waals surface area contributed by atoms with Gasteiger partial charge in [-0.1, -0.05) is 29.8 Å². The van der Waals surface area contributed by atoms with Crippen molar-refractivity contribution in [3.63, 3.8) is 0 Å². The van der Waals surface area contributed by atoms with E-state index in [0.29, 0.717) is 28.0 Å². The summed E-state index contributed by atoms with van der Waals surface area (Å²) in [7, 11) is 1.52. The predicted molar refractivity (Wildman–Crippen MR) is 124 cm³/mol. The van der Waals surface area contributed by atoms with Gasteiger partial charge in [0.2, 0.25) is 5.91 Å². The number of halogens is 1. The number of nitrogens with one attached hydrogen (secondary N) is 1. The maximum atomic E-state index is 12.5. The third kappa shape index (κ3) is 4.26. The molecule has 10 heteroatoms. The molecular weight excluding hydrogens is 452 g/mol. The van der Waals surface area contributed by atoms with E-state index in [0.717, 1.165) is 16.8 Å². The van der Waals surface area contributed by atoms with E-state index in [4.69, 9.17) is 26.8 Å². The van der Waals surface area contributed by atoms with E-state index in [1.54, 1.807) is 16.8 Å². The molecule has 1 aliphatic rings. The van der Waals surface area contributed by atoms with Crippen LogP contribution in [0.1, 0.15) is 22.1 Å². The Bertz CT molecular complexity index is 1200. The van der Waals surface area contributed by atoms with E-state index in [1.807, 2.05) is 37.3 Å². The van der Waals surface area contributed by atoms with Crippen LogP contribution >= 0.6 is 23.4 Å². The van der Waals surface area contributed by atoms with E-state index >= 15 is 0 Å². The monoisotopic (exact) mass is 472 g/mol. The van der Waals surface area contributed by atoms with Crippen LogP contribution in [-0.4, -0.2) is 41.1 Å². The highest BCUT2D eigenvalue weighted by Crippen LogP contribution is 2.46. The van der Waals surface area contributed by atoms with Gasteiger partial charge in [0.25, 0.3) is 5.91 Å². The first-order valence-electron chi connectivity index (χ1n) is 9.74. The highest BCUT2D eigenvalue weighted by molar-refractivity contribution is 8.00. The number of ether oxygens (including phenoxy) is 2. The number of methoxy groups -OCH3 is 1. The van der Waals surface area contributed by atoms with Crippen molar-refractivity contribution in [3.05, 3.63) is 64.3 Å². The summed E-state index contributed by atoms with van der Waals surface area (Å²) in [5.41, 5.74) is 8.41. The summed E-state index contributed by atoms with van der Waals surface area (Å²) in [5.74, 6) is 1.03. The van der Waals surface area contributed by atoms with Crippen molar-refractivity contribution in [1.82, 2.24) is 9.78 Å². The number of nitrogens with two attached hydrogens (primary N) is 1. The van der Waals surface area contributed by atoms with Gasteiger partial charge in [-0.25, -0.2) is 4.68 Å². The first-order chi connectivity index (χ1) is 15.4. The standard InChI is InChI=1S/C22H21ClN4O4S/c1-12-20-21(13-7-8-16(17(9-13)30-2)31-10-18(24)28)32-11-19(29)25-22(20)27(26-12)15-6-4-3-5-14(15)23/h3-9,21H,10-11H2,1-2H3,(H2,24,28)(H,25,29)/t21-/m0/s1. The molecule has 1 aromatic heterocycles. The Hall–Kier alpha value is -3.17. The second kappa shape index (κ2) is 9.13. The van der Waals surface area contributed by atoms with Gasteiger partial charge in [0.05, 0.1) is 34.5 Å². The van der Waals surface area contributed by atoms with E-state index in [-0.39, 0.29) is 23.5 Å². The molecule has 0 saturated heterocycles. The SMILES string of the molecule is COc1cc([C@@H]2SCC(=O)Nc3c2c(C)nn3-c2ccccc2Cl)ccc1OCC(N)=O. The number of thioether (sulfide) groups is 1. The lowest BCUT2D eigenvalue weighted by molar-refractivity contribution is -0.120. The first-order valence-corrected chi connectivity index (χ1v) is 11.2. The molecule has 2 amide bonds. The van der Waals surface area contributed by atoms with Gasteiger partial charge in [-0.15, -0.1) is 11.8 Å². The third-order valence-electron chi connectivity index (χ3n) is 4.95. The Morgan fingerprint density at radius 1 is 1.31 bits per heavy atom. The number of nitrogens with zero attached hydrogens (tertiary/aromatic N) is 2. The lowest BCUT2D eigenvalue weighted by Gasteiger charge is -2.18. The average Bonchev–Trinajstić information content (AvgIpc) is 2.97. The number of benzene rings is 2. The number of aromatic nitrogens is 2. The number of primary amides is 1. The molecule has 1 aliphatic heterocycles. The molecule has 0 radical (unpaired) electrons. The number of carbonyl (C=O) groups is 2. The minimum atomic E-state index is -0.577. The number of anilines is 1. The maximum Gasteiger partial charge on any atom is 0.255 e. The van der Waals surface area contributed by atoms with Crippen LogP contribution in [0.25, 0.3) is 5.69 Å². The fourth-order valence-electron chi connectivity index (χ4n) is 3.56. The van der Waals surface area contributed by atoms with Crippen molar-refractivity contribution in [2.45, 2.75) is 12.2 Å². The van der Waals surface area contributed by atoms with Gasteiger partial charge in [-0.2, -0.15) is 5.10 Å². The van der Waals surface area contributed by atoms with Crippen LogP contribution in [-0.2, 0) is 9.59 Å². The molecule has 3 N–H and O–H groups in total. The number of para-hydroxylation sites is 1. The number of hydrogen-bond donors (Lipinski definition) is 2. The number of fused-ring (bicyclic) bond motifs is 1. The summed E-state index contributed by atoms with van der Waals surface area (Å²) in [6.07, 6.45) is 0. The van der Waals surface area contributed by atoms with Crippen LogP contribution in [0.5, 0.6) is 11.5 Å². The van der Waals surface area contributed by atoms with Crippen LogP contribution in [0.2, 0.25) is 5.02 Å². The predicted octanol–water partition coefficient (Wildman–Crippen LogP) is 3.48. The van der Waals surface area contributed by atoms with Crippen LogP contribution in [0, 0.1) is 6.92 Å². The molecule has 3 aromatic rings. The van der Waals surface area contributed by atoms with Crippen LogP contribution < -0.4 is 20.5 Å². The number of rotatable bonds is 6. The minimum Gasteiger partial charge on any atom is -0.493 e. The topological polar surface area (TPSA) is 108 Å². The van der Waals surface area contributed by atoms with E-state index < -0.39 is 5.91 Å². The highest BCUT2D eigenvalue weighted by atomic mass is 35.5. The highest BCUT2D eigenvalue weighted by Gasteiger charge is 2.31. The molecule has 166 valence electrons. The van der Waals surface area contributed by atoms with Gasteiger partial charge in [0.15, 0.2) is 18.1 Å². The fraction of sp³-hybridized carbons (Fsp3) is 0.227. The molecule has 0 aliphatic carbocycles. The van der Waals surface area contributed by atoms with Crippen molar-refractivity contribution < 1.29 is 19.1 Å². The van der Waals surface area contributed by atoms with Gasteiger partial charge >= 0.3 is 0 Å². The van der Waals surface area contributed by atoms with Crippen LogP contribution in [0.4, 0.5) is 5.82 Å². The molecule has 0 unspecified atom stereocenters. The molecule has 2 aromatic carbocycles. The maximum absolute atomic E-state index is 12.5. The van der Waals surface area contributed by atoms with Crippen LogP contribution in [0.3, 0.4) is 0 Å². The Morgan fingerprint density at radius 3 is 2.81 bits per heavy atom. The zero-order valence-corrected chi connectivity index (χ0v) is 19.0. The van der Waals surface area contributed by atoms with Gasteiger partial charge in [-0.05, 0) is 36.8 Å². The Labute approximate surface area is 194 Å². The van der Waals surface area contributed by atoms with Gasteiger partial charge in [-0.3, -0.25) is 9.59 Å². The lowest BCUT2D eigenvalue weighted by atomic mass is 10.0. The number of aryl methyl sites for hydroxylation is 1. The summed E-state index contributed by atoms with van der Waals surface area (Å²) < 4.78 is 12.6. The summed E-state index contributed by atoms with van der Waals surface area (Å²) in [4.78, 5) is 23.6. The molecular formula is C22H21ClN4O4S. The smallest absolute Gasteiger partial charge is 0.255 e. The molecule has 4 rings (SSSR count). The third-order valence-corrected chi connectivity index (χ3v) is 6.54. The summed E-state index contributed by atoms with van der Waals surface area (Å²) in [5, 5.41) is 8.00. The van der Waals surface area contributed by atoms with E-state index in [2.05, 4.69) is 10.4 Å². The summed E-state index contributed by atoms with van der Waals surface area (Å²) in [6, 6.07) is 12.8. The Morgan fingerprint density at radius 2 is 2.09 bits per heavy atom. The van der Waals surface area contributed by atoms with Gasteiger partial charge < -0.3 is 20.5 Å². The molecule has 32 heavy (non-hydrogen) atoms. The average molecular weight is 473 g/mol. The molecule has 0 spiro atoms. The molecule has 0 bridgehead atoms. The van der Waals surface area contributed by atoms with Gasteiger partial charge in [0, 0.05) is 5.56 Å². The van der Waals surface area contributed by atoms with Crippen molar-refractivity contribution >= 4 is 41.0 Å². The van der Waals surface area contributed by atoms with Crippen molar-refractivity contribution in [3.8, 4) is 17.2 Å². The van der Waals surface area contributed by atoms with E-state index in [1.165, 1.54) is 18.9 Å². The zero-order valence-electron chi connectivity index (χ0n) is 17.4. The normalized spacial score (nSPS) is 15.5. The van der Waals surface area contributed by atoms with Gasteiger partial charge in [0.1, 0.15) is 5.82 Å². The summed E-state index contributed by atoms with van der Waals surface area (Å²) >= 11 is 7.90. The second-order valence-corrected chi connectivity index (χ2v) is 8.62. The number of amides is 2. The van der Waals surface area contributed by atoms with Crippen molar-refractivity contribution in [2.24, 2.45) is 5.73 Å². The molecule has 0 saturated carbocycles.